The highest BCUT2D eigenvalue weighted by Crippen LogP contribution is 2.46. The standard InChI is InChI=1S/C26H27N3O5/c1-15-23(26(31)34-4)24(17-6-5-7-20(12-17)29(32)33)25-21(27-15)13-18(14-22(25)30)16-8-10-19(11-9-16)28(2)3/h5-12,18,24,27H,13-14H2,1-4H3. The van der Waals surface area contributed by atoms with E-state index in [1.54, 1.807) is 19.1 Å². The summed E-state index contributed by atoms with van der Waals surface area (Å²) in [6.45, 7) is 1.76. The van der Waals surface area contributed by atoms with E-state index < -0.39 is 16.8 Å². The largest absolute Gasteiger partial charge is 0.466 e. The molecule has 2 aromatic rings. The van der Waals surface area contributed by atoms with Crippen LogP contribution < -0.4 is 10.2 Å². The molecule has 0 radical (unpaired) electrons. The van der Waals surface area contributed by atoms with Gasteiger partial charge in [0, 0.05) is 61.2 Å². The van der Waals surface area contributed by atoms with E-state index in [0.717, 1.165) is 16.9 Å². The number of allylic oxidation sites excluding steroid dienone is 3. The van der Waals surface area contributed by atoms with Crippen molar-refractivity contribution in [3.05, 3.63) is 92.3 Å². The zero-order valence-electron chi connectivity index (χ0n) is 19.6. The number of non-ortho nitro benzene ring substituents is 1. The van der Waals surface area contributed by atoms with Gasteiger partial charge in [-0.05, 0) is 42.5 Å². The van der Waals surface area contributed by atoms with Crippen LogP contribution >= 0.6 is 0 Å². The van der Waals surface area contributed by atoms with E-state index in [9.17, 15) is 19.7 Å². The van der Waals surface area contributed by atoms with Crippen molar-refractivity contribution in [1.82, 2.24) is 5.32 Å². The lowest BCUT2D eigenvalue weighted by Gasteiger charge is -2.36. The molecule has 2 aromatic carbocycles. The first-order valence-electron chi connectivity index (χ1n) is 11.0. The molecule has 0 aromatic heterocycles. The molecule has 0 saturated carbocycles. The maximum atomic E-state index is 13.5. The summed E-state index contributed by atoms with van der Waals surface area (Å²) in [6, 6.07) is 14.3. The van der Waals surface area contributed by atoms with Gasteiger partial charge in [0.1, 0.15) is 0 Å². The third-order valence-electron chi connectivity index (χ3n) is 6.53. The smallest absolute Gasteiger partial charge is 0.336 e. The monoisotopic (exact) mass is 461 g/mol. The molecule has 34 heavy (non-hydrogen) atoms. The van der Waals surface area contributed by atoms with Crippen molar-refractivity contribution in [2.24, 2.45) is 0 Å². The van der Waals surface area contributed by atoms with Crippen molar-refractivity contribution in [1.29, 1.82) is 0 Å². The van der Waals surface area contributed by atoms with Gasteiger partial charge >= 0.3 is 5.97 Å². The normalized spacial score (nSPS) is 19.9. The molecule has 2 unspecified atom stereocenters. The topological polar surface area (TPSA) is 102 Å². The number of hydrogen-bond donors (Lipinski definition) is 1. The first kappa shape index (κ1) is 23.2. The Kier molecular flexibility index (Phi) is 6.24. The van der Waals surface area contributed by atoms with E-state index in [4.69, 9.17) is 4.74 Å². The molecule has 4 rings (SSSR count). The fraction of sp³-hybridized carbons (Fsp3) is 0.308. The number of carbonyl (C=O) groups excluding carboxylic acids is 2. The Labute approximate surface area is 198 Å². The molecule has 1 N–H and O–H groups in total. The molecule has 8 heteroatoms. The van der Waals surface area contributed by atoms with Gasteiger partial charge in [-0.15, -0.1) is 0 Å². The summed E-state index contributed by atoms with van der Waals surface area (Å²) >= 11 is 0. The van der Waals surface area contributed by atoms with Crippen molar-refractivity contribution in [2.75, 3.05) is 26.1 Å². The minimum atomic E-state index is -0.729. The zero-order valence-corrected chi connectivity index (χ0v) is 19.6. The fourth-order valence-corrected chi connectivity index (χ4v) is 4.85. The molecular formula is C26H27N3O5. The zero-order chi connectivity index (χ0) is 24.6. The molecule has 0 amide bonds. The predicted molar refractivity (Wildman–Crippen MR) is 128 cm³/mol. The number of nitrogens with zero attached hydrogens (tertiary/aromatic N) is 2. The number of hydrogen-bond acceptors (Lipinski definition) is 7. The molecule has 8 nitrogen and oxygen atoms in total. The first-order valence-corrected chi connectivity index (χ1v) is 11.0. The number of rotatable bonds is 5. The lowest BCUT2D eigenvalue weighted by Crippen LogP contribution is -2.36. The Morgan fingerprint density at radius 2 is 1.82 bits per heavy atom. The molecule has 0 fully saturated rings. The average molecular weight is 462 g/mol. The molecule has 1 aliphatic carbocycles. The Morgan fingerprint density at radius 1 is 1.12 bits per heavy atom. The number of benzene rings is 2. The second kappa shape index (κ2) is 9.13. The van der Waals surface area contributed by atoms with Crippen LogP contribution in [0, 0.1) is 10.1 Å². The number of nitro groups is 1. The van der Waals surface area contributed by atoms with Crippen molar-refractivity contribution in [3.63, 3.8) is 0 Å². The summed E-state index contributed by atoms with van der Waals surface area (Å²) in [6.07, 6.45) is 0.889. The van der Waals surface area contributed by atoms with Crippen LogP contribution in [0.4, 0.5) is 11.4 Å². The van der Waals surface area contributed by atoms with Gasteiger partial charge in [-0.1, -0.05) is 24.3 Å². The Bertz CT molecular complexity index is 1230. The van der Waals surface area contributed by atoms with Gasteiger partial charge < -0.3 is 15.0 Å². The molecule has 1 heterocycles. The quantitative estimate of drug-likeness (QED) is 0.405. The van der Waals surface area contributed by atoms with E-state index in [1.807, 2.05) is 43.3 Å². The molecule has 1 aliphatic heterocycles. The number of nitro benzene ring substituents is 1. The van der Waals surface area contributed by atoms with Gasteiger partial charge in [0.2, 0.25) is 0 Å². The van der Waals surface area contributed by atoms with E-state index in [2.05, 4.69) is 5.32 Å². The van der Waals surface area contributed by atoms with E-state index in [0.29, 0.717) is 35.2 Å². The van der Waals surface area contributed by atoms with Gasteiger partial charge in [0.05, 0.1) is 17.6 Å². The minimum Gasteiger partial charge on any atom is -0.466 e. The summed E-state index contributed by atoms with van der Waals surface area (Å²) in [5.41, 5.74) is 4.68. The van der Waals surface area contributed by atoms with Crippen LogP contribution in [-0.2, 0) is 14.3 Å². The van der Waals surface area contributed by atoms with Crippen molar-refractivity contribution >= 4 is 23.1 Å². The van der Waals surface area contributed by atoms with Gasteiger partial charge in [-0.3, -0.25) is 14.9 Å². The number of Topliss-reactive ketones (excluding diaryl/α,β-unsaturated/α-hetero) is 1. The number of dihydropyridines is 1. The number of anilines is 1. The van der Waals surface area contributed by atoms with Crippen LogP contribution in [0.15, 0.2) is 71.1 Å². The molecule has 0 spiro atoms. The van der Waals surface area contributed by atoms with E-state index >= 15 is 0 Å². The highest BCUT2D eigenvalue weighted by molar-refractivity contribution is 6.04. The van der Waals surface area contributed by atoms with Crippen LogP contribution in [-0.4, -0.2) is 37.9 Å². The van der Waals surface area contributed by atoms with Gasteiger partial charge in [-0.25, -0.2) is 4.79 Å². The van der Waals surface area contributed by atoms with Crippen LogP contribution in [0.5, 0.6) is 0 Å². The number of esters is 1. The average Bonchev–Trinajstić information content (AvgIpc) is 2.82. The van der Waals surface area contributed by atoms with Gasteiger partial charge in [-0.2, -0.15) is 0 Å². The van der Waals surface area contributed by atoms with Gasteiger partial charge in [0.15, 0.2) is 5.78 Å². The first-order chi connectivity index (χ1) is 16.2. The third-order valence-corrected chi connectivity index (χ3v) is 6.53. The lowest BCUT2D eigenvalue weighted by atomic mass is 9.71. The molecule has 0 saturated heterocycles. The summed E-state index contributed by atoms with van der Waals surface area (Å²) in [7, 11) is 5.24. The van der Waals surface area contributed by atoms with Crippen molar-refractivity contribution in [3.8, 4) is 0 Å². The Hall–Kier alpha value is -3.94. The minimum absolute atomic E-state index is 0.00630. The lowest BCUT2D eigenvalue weighted by molar-refractivity contribution is -0.384. The summed E-state index contributed by atoms with van der Waals surface area (Å²) in [5, 5.41) is 14.7. The second-order valence-corrected chi connectivity index (χ2v) is 8.85. The van der Waals surface area contributed by atoms with Crippen LogP contribution in [0.25, 0.3) is 0 Å². The third kappa shape index (κ3) is 4.19. The highest BCUT2D eigenvalue weighted by atomic mass is 16.6. The van der Waals surface area contributed by atoms with Gasteiger partial charge in [0.25, 0.3) is 5.69 Å². The Balaban J connectivity index is 1.78. The molecular weight excluding hydrogens is 434 g/mol. The molecule has 176 valence electrons. The fourth-order valence-electron chi connectivity index (χ4n) is 4.85. The van der Waals surface area contributed by atoms with Crippen LogP contribution in [0.1, 0.15) is 42.7 Å². The second-order valence-electron chi connectivity index (χ2n) is 8.85. The number of carbonyl (C=O) groups is 2. The van der Waals surface area contributed by atoms with Crippen molar-refractivity contribution < 1.29 is 19.2 Å². The van der Waals surface area contributed by atoms with Crippen LogP contribution in [0.3, 0.4) is 0 Å². The molecule has 2 aliphatic rings. The summed E-state index contributed by atoms with van der Waals surface area (Å²) in [5.74, 6) is -1.38. The van der Waals surface area contributed by atoms with E-state index in [1.165, 1.54) is 19.2 Å². The maximum Gasteiger partial charge on any atom is 0.336 e. The Morgan fingerprint density at radius 3 is 2.44 bits per heavy atom. The molecule has 0 bridgehead atoms. The molecule has 2 atom stereocenters. The highest BCUT2D eigenvalue weighted by Gasteiger charge is 2.41. The predicted octanol–water partition coefficient (Wildman–Crippen LogP) is 4.20. The number of nitrogens with one attached hydrogen (secondary N) is 1. The summed E-state index contributed by atoms with van der Waals surface area (Å²) < 4.78 is 5.02. The van der Waals surface area contributed by atoms with E-state index in [-0.39, 0.29) is 17.4 Å². The van der Waals surface area contributed by atoms with Crippen molar-refractivity contribution in [2.45, 2.75) is 31.6 Å². The SMILES string of the molecule is COC(=O)C1=C(C)NC2=C(C(=O)CC(c3ccc(N(C)C)cc3)C2)C1c1cccc([N+](=O)[O-])c1. The number of methoxy groups -OCH3 is 1. The summed E-state index contributed by atoms with van der Waals surface area (Å²) in [4.78, 5) is 39.2. The maximum absolute atomic E-state index is 13.5. The number of ether oxygens (including phenoxy) is 1. The van der Waals surface area contributed by atoms with Crippen LogP contribution in [0.2, 0.25) is 0 Å². The number of ketones is 1.